The van der Waals surface area contributed by atoms with E-state index in [2.05, 4.69) is 4.98 Å². The van der Waals surface area contributed by atoms with Crippen LogP contribution in [0.1, 0.15) is 24.5 Å². The molecule has 0 aliphatic heterocycles. The monoisotopic (exact) mass is 172 g/mol. The molecule has 1 heterocycles. The fourth-order valence-corrected chi connectivity index (χ4v) is 1.73. The third-order valence-electron chi connectivity index (χ3n) is 1.34. The van der Waals surface area contributed by atoms with Crippen LogP contribution in [0, 0.1) is 6.92 Å². The lowest BCUT2D eigenvalue weighted by Gasteiger charge is -2.14. The van der Waals surface area contributed by atoms with E-state index >= 15 is 0 Å². The molecule has 0 aliphatic carbocycles. The summed E-state index contributed by atoms with van der Waals surface area (Å²) in [6, 6.07) is 0. The molecule has 0 aromatic carbocycles. The number of rotatable bonds is 1. The predicted molar refractivity (Wildman–Crippen MR) is 46.5 cm³/mol. The zero-order valence-electron chi connectivity index (χ0n) is 6.88. The minimum absolute atomic E-state index is 0.583. The summed E-state index contributed by atoms with van der Waals surface area (Å²) in [7, 11) is 0. The molecule has 4 heteroatoms. The fourth-order valence-electron chi connectivity index (χ4n) is 0.881. The van der Waals surface area contributed by atoms with E-state index in [0.717, 1.165) is 5.01 Å². The smallest absolute Gasteiger partial charge is 0.112 e. The zero-order valence-corrected chi connectivity index (χ0v) is 7.70. The normalized spacial score (nSPS) is 12.0. The van der Waals surface area contributed by atoms with Crippen LogP contribution in [0.15, 0.2) is 0 Å². The minimum Gasteiger partial charge on any atom is -0.389 e. The number of nitrogens with two attached hydrogens (primary N) is 1. The maximum absolute atomic E-state index is 9.55. The van der Waals surface area contributed by atoms with Gasteiger partial charge < -0.3 is 10.8 Å². The summed E-state index contributed by atoms with van der Waals surface area (Å²) in [5.74, 6) is 0. The van der Waals surface area contributed by atoms with Crippen molar-refractivity contribution in [2.45, 2.75) is 26.4 Å². The van der Waals surface area contributed by atoms with Crippen molar-refractivity contribution in [2.24, 2.45) is 0 Å². The molecular weight excluding hydrogens is 160 g/mol. The van der Waals surface area contributed by atoms with Crippen molar-refractivity contribution < 1.29 is 5.11 Å². The van der Waals surface area contributed by atoms with Crippen LogP contribution in [0.5, 0.6) is 0 Å². The van der Waals surface area contributed by atoms with E-state index in [9.17, 15) is 5.11 Å². The Labute approximate surface area is 69.9 Å². The molecule has 3 N–H and O–H groups in total. The number of thiazole rings is 1. The van der Waals surface area contributed by atoms with Crippen molar-refractivity contribution in [2.75, 3.05) is 5.73 Å². The summed E-state index contributed by atoms with van der Waals surface area (Å²) < 4.78 is 0. The van der Waals surface area contributed by atoms with Crippen molar-refractivity contribution in [1.29, 1.82) is 0 Å². The molecule has 0 fully saturated rings. The van der Waals surface area contributed by atoms with Gasteiger partial charge in [0.1, 0.15) is 16.3 Å². The SMILES string of the molecule is Cc1nc(C(C)(C)O)c(N)s1. The Kier molecular flexibility index (Phi) is 1.90. The summed E-state index contributed by atoms with van der Waals surface area (Å²) in [4.78, 5) is 4.12. The molecule has 0 spiro atoms. The van der Waals surface area contributed by atoms with Crippen molar-refractivity contribution in [1.82, 2.24) is 4.98 Å². The molecule has 0 bridgehead atoms. The number of nitrogen functional groups attached to an aromatic ring is 1. The van der Waals surface area contributed by atoms with Crippen LogP contribution in [0.2, 0.25) is 0 Å². The van der Waals surface area contributed by atoms with E-state index in [4.69, 9.17) is 5.73 Å². The molecule has 0 amide bonds. The van der Waals surface area contributed by atoms with Crippen molar-refractivity contribution in [3.8, 4) is 0 Å². The Balaban J connectivity index is 3.13. The summed E-state index contributed by atoms with van der Waals surface area (Å²) in [6.45, 7) is 5.23. The van der Waals surface area contributed by atoms with Gasteiger partial charge in [0.05, 0.1) is 5.01 Å². The molecule has 0 aliphatic rings. The van der Waals surface area contributed by atoms with Gasteiger partial charge in [0.15, 0.2) is 0 Å². The maximum Gasteiger partial charge on any atom is 0.112 e. The third kappa shape index (κ3) is 1.70. The first-order chi connectivity index (χ1) is 4.91. The fraction of sp³-hybridized carbons (Fsp3) is 0.571. The van der Waals surface area contributed by atoms with Gasteiger partial charge in [-0.15, -0.1) is 11.3 Å². The molecule has 0 saturated heterocycles. The highest BCUT2D eigenvalue weighted by molar-refractivity contribution is 7.15. The average Bonchev–Trinajstić information content (AvgIpc) is 2.08. The molecule has 1 aromatic rings. The Morgan fingerprint density at radius 2 is 2.09 bits per heavy atom. The largest absolute Gasteiger partial charge is 0.389 e. The lowest BCUT2D eigenvalue weighted by molar-refractivity contribution is 0.0752. The molecule has 3 nitrogen and oxygen atoms in total. The van der Waals surface area contributed by atoms with E-state index in [1.54, 1.807) is 13.8 Å². The Morgan fingerprint density at radius 1 is 1.55 bits per heavy atom. The molecule has 0 saturated carbocycles. The molecule has 0 unspecified atom stereocenters. The first-order valence-electron chi connectivity index (χ1n) is 3.37. The van der Waals surface area contributed by atoms with Crippen LogP contribution in [0.25, 0.3) is 0 Å². The second-order valence-corrected chi connectivity index (χ2v) is 4.24. The molecule has 62 valence electrons. The van der Waals surface area contributed by atoms with Gasteiger partial charge >= 0.3 is 0 Å². The van der Waals surface area contributed by atoms with Gasteiger partial charge in [0, 0.05) is 0 Å². The van der Waals surface area contributed by atoms with E-state index in [0.29, 0.717) is 10.7 Å². The average molecular weight is 172 g/mol. The lowest BCUT2D eigenvalue weighted by Crippen LogP contribution is -2.17. The van der Waals surface area contributed by atoms with Gasteiger partial charge in [0.25, 0.3) is 0 Å². The van der Waals surface area contributed by atoms with E-state index in [1.807, 2.05) is 6.92 Å². The first-order valence-corrected chi connectivity index (χ1v) is 4.18. The number of aryl methyl sites for hydroxylation is 1. The molecule has 11 heavy (non-hydrogen) atoms. The Morgan fingerprint density at radius 3 is 2.27 bits per heavy atom. The van der Waals surface area contributed by atoms with Gasteiger partial charge in [-0.3, -0.25) is 0 Å². The number of hydrogen-bond acceptors (Lipinski definition) is 4. The number of nitrogens with zero attached hydrogens (tertiary/aromatic N) is 1. The summed E-state index contributed by atoms with van der Waals surface area (Å²) in [5, 5.41) is 11.0. The minimum atomic E-state index is -0.922. The second-order valence-electron chi connectivity index (χ2n) is 3.00. The van der Waals surface area contributed by atoms with Gasteiger partial charge in [-0.25, -0.2) is 4.98 Å². The molecule has 0 radical (unpaired) electrons. The number of hydrogen-bond donors (Lipinski definition) is 2. The van der Waals surface area contributed by atoms with Gasteiger partial charge in [-0.1, -0.05) is 0 Å². The van der Waals surface area contributed by atoms with Crippen LogP contribution >= 0.6 is 11.3 Å². The molecular formula is C7H12N2OS. The van der Waals surface area contributed by atoms with Crippen LogP contribution in [-0.4, -0.2) is 10.1 Å². The number of anilines is 1. The highest BCUT2D eigenvalue weighted by atomic mass is 32.1. The van der Waals surface area contributed by atoms with Gasteiger partial charge in [0.2, 0.25) is 0 Å². The predicted octanol–water partition coefficient (Wildman–Crippen LogP) is 1.26. The van der Waals surface area contributed by atoms with Crippen molar-refractivity contribution >= 4 is 16.3 Å². The van der Waals surface area contributed by atoms with E-state index in [1.165, 1.54) is 11.3 Å². The van der Waals surface area contributed by atoms with Crippen LogP contribution in [0.4, 0.5) is 5.00 Å². The first kappa shape index (κ1) is 8.49. The zero-order chi connectivity index (χ0) is 8.65. The van der Waals surface area contributed by atoms with Crippen LogP contribution < -0.4 is 5.73 Å². The topological polar surface area (TPSA) is 59.1 Å². The quantitative estimate of drug-likeness (QED) is 0.670. The maximum atomic E-state index is 9.55. The number of aromatic nitrogens is 1. The second kappa shape index (κ2) is 2.46. The standard InChI is InChI=1S/C7H12N2OS/c1-4-9-5(6(8)11-4)7(2,3)10/h10H,8H2,1-3H3. The van der Waals surface area contributed by atoms with Gasteiger partial charge in [-0.2, -0.15) is 0 Å². The van der Waals surface area contributed by atoms with Crippen LogP contribution in [0.3, 0.4) is 0 Å². The van der Waals surface area contributed by atoms with E-state index < -0.39 is 5.60 Å². The Hall–Kier alpha value is -0.610. The summed E-state index contributed by atoms with van der Waals surface area (Å²) in [5.41, 5.74) is 5.29. The third-order valence-corrected chi connectivity index (χ3v) is 2.14. The highest BCUT2D eigenvalue weighted by Crippen LogP contribution is 2.29. The summed E-state index contributed by atoms with van der Waals surface area (Å²) >= 11 is 1.40. The van der Waals surface area contributed by atoms with Gasteiger partial charge in [-0.05, 0) is 20.8 Å². The molecule has 1 aromatic heterocycles. The van der Waals surface area contributed by atoms with Crippen molar-refractivity contribution in [3.63, 3.8) is 0 Å². The number of aliphatic hydroxyl groups is 1. The lowest BCUT2D eigenvalue weighted by atomic mass is 10.1. The van der Waals surface area contributed by atoms with Crippen molar-refractivity contribution in [3.05, 3.63) is 10.7 Å². The summed E-state index contributed by atoms with van der Waals surface area (Å²) in [6.07, 6.45) is 0. The van der Waals surface area contributed by atoms with E-state index in [-0.39, 0.29) is 0 Å². The highest BCUT2D eigenvalue weighted by Gasteiger charge is 2.22. The van der Waals surface area contributed by atoms with Crippen LogP contribution in [-0.2, 0) is 5.60 Å². The molecule has 0 atom stereocenters. The molecule has 1 rings (SSSR count). The Bertz CT molecular complexity index is 262.